The van der Waals surface area contributed by atoms with Crippen molar-refractivity contribution in [1.82, 2.24) is 5.16 Å². The molecule has 0 atom stereocenters. The van der Waals surface area contributed by atoms with Gasteiger partial charge in [-0.1, -0.05) is 0 Å². The number of hydrogen-bond donors (Lipinski definition) is 0. The molecule has 0 aliphatic rings. The molecule has 0 bridgehead atoms. The highest BCUT2D eigenvalue weighted by atomic mass is 16.6. The minimum absolute atomic E-state index is 0.0265. The van der Waals surface area contributed by atoms with Gasteiger partial charge in [-0.05, 0) is 25.9 Å². The van der Waals surface area contributed by atoms with E-state index in [2.05, 4.69) is 5.16 Å². The van der Waals surface area contributed by atoms with E-state index in [0.717, 1.165) is 0 Å². The fourth-order valence-electron chi connectivity index (χ4n) is 1.15. The maximum atomic E-state index is 11.6. The van der Waals surface area contributed by atoms with Gasteiger partial charge in [0.05, 0.1) is 13.2 Å². The van der Waals surface area contributed by atoms with E-state index in [9.17, 15) is 9.59 Å². The Hall–Kier alpha value is -2.05. The number of esters is 2. The van der Waals surface area contributed by atoms with Crippen molar-refractivity contribution in [1.29, 1.82) is 0 Å². The van der Waals surface area contributed by atoms with Crippen LogP contribution in [0.1, 0.15) is 19.6 Å². The lowest BCUT2D eigenvalue weighted by Gasteiger charge is -2.13. The number of aromatic nitrogens is 1. The summed E-state index contributed by atoms with van der Waals surface area (Å²) in [4.78, 5) is 23.1. The molecule has 0 aliphatic carbocycles. The SMILES string of the molecule is CCOC(=O)C(Oc1cc(C)on1)C(=O)OCC. The Bertz CT molecular complexity index is 395. The fourth-order valence-corrected chi connectivity index (χ4v) is 1.15. The van der Waals surface area contributed by atoms with Crippen LogP contribution >= 0.6 is 0 Å². The molecule has 1 heterocycles. The third-order valence-corrected chi connectivity index (χ3v) is 1.85. The molecule has 7 nitrogen and oxygen atoms in total. The van der Waals surface area contributed by atoms with E-state index in [1.807, 2.05) is 0 Å². The van der Waals surface area contributed by atoms with Crippen LogP contribution in [0, 0.1) is 6.92 Å². The second-order valence-corrected chi connectivity index (χ2v) is 3.28. The Kier molecular flexibility index (Phi) is 5.16. The number of carbonyl (C=O) groups is 2. The van der Waals surface area contributed by atoms with E-state index in [-0.39, 0.29) is 19.1 Å². The zero-order valence-electron chi connectivity index (χ0n) is 10.5. The monoisotopic (exact) mass is 257 g/mol. The maximum Gasteiger partial charge on any atom is 0.359 e. The molecule has 1 rings (SSSR count). The van der Waals surface area contributed by atoms with Gasteiger partial charge < -0.3 is 18.7 Å². The van der Waals surface area contributed by atoms with E-state index in [0.29, 0.717) is 5.76 Å². The largest absolute Gasteiger partial charge is 0.463 e. The number of aryl methyl sites for hydroxylation is 1. The Morgan fingerprint density at radius 1 is 1.28 bits per heavy atom. The van der Waals surface area contributed by atoms with Gasteiger partial charge in [0.25, 0.3) is 12.0 Å². The molecule has 1 aromatic heterocycles. The summed E-state index contributed by atoms with van der Waals surface area (Å²) >= 11 is 0. The first-order valence-corrected chi connectivity index (χ1v) is 5.51. The average molecular weight is 257 g/mol. The molecule has 18 heavy (non-hydrogen) atoms. The molecule has 0 unspecified atom stereocenters. The highest BCUT2D eigenvalue weighted by Crippen LogP contribution is 2.13. The number of rotatable bonds is 6. The van der Waals surface area contributed by atoms with Crippen molar-refractivity contribution in [2.75, 3.05) is 13.2 Å². The van der Waals surface area contributed by atoms with E-state index in [1.165, 1.54) is 6.07 Å². The minimum atomic E-state index is -1.49. The van der Waals surface area contributed by atoms with Gasteiger partial charge in [-0.15, -0.1) is 0 Å². The molecule has 0 amide bonds. The summed E-state index contributed by atoms with van der Waals surface area (Å²) in [5.74, 6) is -1.12. The van der Waals surface area contributed by atoms with Crippen LogP contribution < -0.4 is 4.74 Å². The quantitative estimate of drug-likeness (QED) is 0.551. The Balaban J connectivity index is 2.76. The van der Waals surface area contributed by atoms with Crippen molar-refractivity contribution in [3.05, 3.63) is 11.8 Å². The summed E-state index contributed by atoms with van der Waals surface area (Å²) in [6.45, 7) is 5.18. The second-order valence-electron chi connectivity index (χ2n) is 3.28. The van der Waals surface area contributed by atoms with E-state index in [4.69, 9.17) is 18.7 Å². The predicted octanol–water partition coefficient (Wildman–Crippen LogP) is 0.857. The Labute approximate surface area is 104 Å². The Morgan fingerprint density at radius 3 is 2.22 bits per heavy atom. The molecule has 0 saturated heterocycles. The maximum absolute atomic E-state index is 11.6. The van der Waals surface area contributed by atoms with Gasteiger partial charge in [-0.3, -0.25) is 0 Å². The topological polar surface area (TPSA) is 87.9 Å². The van der Waals surface area contributed by atoms with E-state index >= 15 is 0 Å². The number of nitrogens with zero attached hydrogens (tertiary/aromatic N) is 1. The first-order valence-electron chi connectivity index (χ1n) is 5.51. The summed E-state index contributed by atoms with van der Waals surface area (Å²) < 4.78 is 19.3. The molecule has 0 radical (unpaired) electrons. The molecule has 0 N–H and O–H groups in total. The minimum Gasteiger partial charge on any atom is -0.463 e. The van der Waals surface area contributed by atoms with Crippen LogP contribution in [0.4, 0.5) is 0 Å². The van der Waals surface area contributed by atoms with Gasteiger partial charge in [0.15, 0.2) is 0 Å². The van der Waals surface area contributed by atoms with Gasteiger partial charge >= 0.3 is 11.9 Å². The molecule has 0 saturated carbocycles. The summed E-state index contributed by atoms with van der Waals surface area (Å²) in [6, 6.07) is 1.45. The second kappa shape index (κ2) is 6.63. The van der Waals surface area contributed by atoms with Crippen LogP contribution in [0.25, 0.3) is 0 Å². The summed E-state index contributed by atoms with van der Waals surface area (Å²) in [5, 5.41) is 3.53. The normalized spacial score (nSPS) is 10.2. The third-order valence-electron chi connectivity index (χ3n) is 1.85. The van der Waals surface area contributed by atoms with Crippen molar-refractivity contribution in [2.45, 2.75) is 26.9 Å². The average Bonchev–Trinajstić information content (AvgIpc) is 2.72. The van der Waals surface area contributed by atoms with Crippen molar-refractivity contribution in [3.8, 4) is 5.88 Å². The molecule has 0 fully saturated rings. The van der Waals surface area contributed by atoms with Crippen LogP contribution in [0.15, 0.2) is 10.6 Å². The van der Waals surface area contributed by atoms with E-state index < -0.39 is 18.0 Å². The van der Waals surface area contributed by atoms with Crippen molar-refractivity contribution in [3.63, 3.8) is 0 Å². The molecule has 7 heteroatoms. The van der Waals surface area contributed by atoms with Gasteiger partial charge in [-0.25, -0.2) is 9.59 Å². The zero-order valence-corrected chi connectivity index (χ0v) is 10.5. The lowest BCUT2D eigenvalue weighted by Crippen LogP contribution is -2.38. The lowest BCUT2D eigenvalue weighted by molar-refractivity contribution is -0.166. The third kappa shape index (κ3) is 3.76. The van der Waals surface area contributed by atoms with Gasteiger partial charge in [0.2, 0.25) is 0 Å². The zero-order chi connectivity index (χ0) is 13.5. The molecule has 100 valence electrons. The van der Waals surface area contributed by atoms with E-state index in [1.54, 1.807) is 20.8 Å². The first kappa shape index (κ1) is 14.0. The molecule has 0 aliphatic heterocycles. The Morgan fingerprint density at radius 2 is 1.83 bits per heavy atom. The van der Waals surface area contributed by atoms with Crippen LogP contribution in [0.3, 0.4) is 0 Å². The molecule has 0 aromatic carbocycles. The summed E-state index contributed by atoms with van der Waals surface area (Å²) in [7, 11) is 0. The summed E-state index contributed by atoms with van der Waals surface area (Å²) in [5.41, 5.74) is 0. The smallest absolute Gasteiger partial charge is 0.359 e. The lowest BCUT2D eigenvalue weighted by atomic mass is 10.3. The van der Waals surface area contributed by atoms with Crippen LogP contribution in [0.2, 0.25) is 0 Å². The molecular weight excluding hydrogens is 242 g/mol. The van der Waals surface area contributed by atoms with Crippen molar-refractivity contribution < 1.29 is 28.3 Å². The van der Waals surface area contributed by atoms with Gasteiger partial charge in [0, 0.05) is 6.07 Å². The standard InChI is InChI=1S/C11H15NO6/c1-4-15-10(13)9(11(14)16-5-2)17-8-6-7(3)18-12-8/h6,9H,4-5H2,1-3H3. The summed E-state index contributed by atoms with van der Waals surface area (Å²) in [6.07, 6.45) is -1.49. The highest BCUT2D eigenvalue weighted by Gasteiger charge is 2.32. The molecule has 1 aromatic rings. The van der Waals surface area contributed by atoms with Crippen LogP contribution in [-0.4, -0.2) is 36.4 Å². The molecular formula is C11H15NO6. The highest BCUT2D eigenvalue weighted by molar-refractivity contribution is 5.98. The number of carbonyl (C=O) groups excluding carboxylic acids is 2. The first-order chi connectivity index (χ1) is 8.58. The number of hydrogen-bond acceptors (Lipinski definition) is 7. The van der Waals surface area contributed by atoms with Crippen molar-refractivity contribution >= 4 is 11.9 Å². The molecule has 0 spiro atoms. The number of ether oxygens (including phenoxy) is 3. The fraction of sp³-hybridized carbons (Fsp3) is 0.545. The van der Waals surface area contributed by atoms with Gasteiger partial charge in [-0.2, -0.15) is 0 Å². The van der Waals surface area contributed by atoms with Crippen LogP contribution in [-0.2, 0) is 19.1 Å². The van der Waals surface area contributed by atoms with Crippen molar-refractivity contribution in [2.24, 2.45) is 0 Å². The van der Waals surface area contributed by atoms with Crippen LogP contribution in [0.5, 0.6) is 5.88 Å². The van der Waals surface area contributed by atoms with Gasteiger partial charge in [0.1, 0.15) is 5.76 Å². The predicted molar refractivity (Wildman–Crippen MR) is 58.9 cm³/mol.